The topological polar surface area (TPSA) is 54.2 Å². The van der Waals surface area contributed by atoms with Crippen LogP contribution in [0.4, 0.5) is 0 Å². The Bertz CT molecular complexity index is 190. The van der Waals surface area contributed by atoms with Crippen LogP contribution >= 0.6 is 0 Å². The van der Waals surface area contributed by atoms with Gasteiger partial charge in [-0.1, -0.05) is 0 Å². The molecule has 1 atom stereocenters. The largest absolute Gasteiger partial charge is 0.480 e. The summed E-state index contributed by atoms with van der Waals surface area (Å²) in [5, 5.41) is 8.99. The third kappa shape index (κ3) is 2.94. The maximum atomic E-state index is 10.9. The van der Waals surface area contributed by atoms with Gasteiger partial charge in [0.25, 0.3) is 0 Å². The van der Waals surface area contributed by atoms with E-state index in [0.717, 1.165) is 26.2 Å². The van der Waals surface area contributed by atoms with E-state index in [0.29, 0.717) is 0 Å². The fourth-order valence-electron chi connectivity index (χ4n) is 1.71. The highest BCUT2D eigenvalue weighted by atomic mass is 16.5. The predicted molar refractivity (Wildman–Crippen MR) is 51.5 cm³/mol. The number of nitrogens with zero attached hydrogens (tertiary/aromatic N) is 1. The number of hydrogen-bond acceptors (Lipinski definition) is 3. The molecule has 1 aliphatic rings. The van der Waals surface area contributed by atoms with Gasteiger partial charge >= 0.3 is 5.97 Å². The number of carboxylic acids is 1. The molecule has 0 saturated carbocycles. The Kier molecular flexibility index (Phi) is 4.31. The molecule has 0 amide bonds. The quantitative estimate of drug-likeness (QED) is 0.550. The molecule has 0 aliphatic carbocycles. The molecule has 2 N–H and O–H groups in total. The van der Waals surface area contributed by atoms with E-state index in [-0.39, 0.29) is 6.61 Å². The van der Waals surface area contributed by atoms with Gasteiger partial charge < -0.3 is 14.7 Å². The van der Waals surface area contributed by atoms with Gasteiger partial charge in [-0.3, -0.25) is 9.69 Å². The summed E-state index contributed by atoms with van der Waals surface area (Å²) in [6.07, 6.45) is 0. The zero-order valence-electron chi connectivity index (χ0n) is 8.82. The average Bonchev–Trinajstić information content (AvgIpc) is 2.15. The van der Waals surface area contributed by atoms with Crippen molar-refractivity contribution < 1.29 is 19.5 Å². The first-order valence-electron chi connectivity index (χ1n) is 4.92. The summed E-state index contributed by atoms with van der Waals surface area (Å²) in [6.45, 7) is 3.97. The molecule has 0 aromatic rings. The van der Waals surface area contributed by atoms with Crippen LogP contribution in [0.25, 0.3) is 0 Å². The first kappa shape index (κ1) is 11.4. The highest BCUT2D eigenvalue weighted by Crippen LogP contribution is 2.00. The number of methoxy groups -OCH3 is 1. The summed E-state index contributed by atoms with van der Waals surface area (Å²) in [6, 6.07) is -0.479. The fraction of sp³-hybridized carbons (Fsp3) is 0.889. The van der Waals surface area contributed by atoms with Gasteiger partial charge in [-0.2, -0.15) is 0 Å². The zero-order valence-corrected chi connectivity index (χ0v) is 8.82. The van der Waals surface area contributed by atoms with Crippen LogP contribution in [0.3, 0.4) is 0 Å². The number of ether oxygens (including phenoxy) is 1. The summed E-state index contributed by atoms with van der Waals surface area (Å²) in [4.78, 5) is 14.4. The first-order valence-corrected chi connectivity index (χ1v) is 4.92. The molecular formula is C9H19N2O3+. The normalized spacial score (nSPS) is 22.1. The van der Waals surface area contributed by atoms with E-state index in [1.165, 1.54) is 12.0 Å². The lowest BCUT2D eigenvalue weighted by atomic mass is 10.2. The number of carbonyl (C=O) groups is 1. The molecule has 1 heterocycles. The van der Waals surface area contributed by atoms with Gasteiger partial charge in [0, 0.05) is 20.2 Å². The molecule has 82 valence electrons. The fourth-order valence-corrected chi connectivity index (χ4v) is 1.71. The number of rotatable bonds is 4. The van der Waals surface area contributed by atoms with Crippen LogP contribution in [0.5, 0.6) is 0 Å². The van der Waals surface area contributed by atoms with Crippen molar-refractivity contribution in [2.24, 2.45) is 0 Å². The van der Waals surface area contributed by atoms with E-state index in [1.807, 2.05) is 4.90 Å². The Labute approximate surface area is 84.2 Å². The number of likely N-dealkylation sites (N-methyl/N-ethyl adjacent to an activating group) is 1. The minimum Gasteiger partial charge on any atom is -0.480 e. The van der Waals surface area contributed by atoms with E-state index in [9.17, 15) is 4.79 Å². The number of aliphatic carboxylic acids is 1. The van der Waals surface area contributed by atoms with Gasteiger partial charge in [-0.25, -0.2) is 0 Å². The lowest BCUT2D eigenvalue weighted by Crippen LogP contribution is -3.12. The van der Waals surface area contributed by atoms with Crippen molar-refractivity contribution >= 4 is 5.97 Å². The van der Waals surface area contributed by atoms with Crippen LogP contribution in [0.15, 0.2) is 0 Å². The smallest absolute Gasteiger partial charge is 0.323 e. The van der Waals surface area contributed by atoms with Crippen LogP contribution in [0.2, 0.25) is 0 Å². The summed E-state index contributed by atoms with van der Waals surface area (Å²) >= 11 is 0. The van der Waals surface area contributed by atoms with Gasteiger partial charge in [0.2, 0.25) is 0 Å². The van der Waals surface area contributed by atoms with Crippen LogP contribution in [0, 0.1) is 0 Å². The second kappa shape index (κ2) is 5.29. The van der Waals surface area contributed by atoms with Crippen molar-refractivity contribution in [3.8, 4) is 0 Å². The third-order valence-electron chi connectivity index (χ3n) is 2.70. The second-order valence-corrected chi connectivity index (χ2v) is 3.80. The molecule has 0 aromatic heterocycles. The average molecular weight is 203 g/mol. The molecule has 0 aromatic carbocycles. The lowest BCUT2D eigenvalue weighted by molar-refractivity contribution is -0.884. The number of quaternary nitrogens is 1. The molecule has 14 heavy (non-hydrogen) atoms. The van der Waals surface area contributed by atoms with E-state index in [2.05, 4.69) is 7.05 Å². The van der Waals surface area contributed by atoms with E-state index in [1.54, 1.807) is 0 Å². The molecule has 1 rings (SSSR count). The highest BCUT2D eigenvalue weighted by molar-refractivity contribution is 5.73. The van der Waals surface area contributed by atoms with E-state index >= 15 is 0 Å². The summed E-state index contributed by atoms with van der Waals surface area (Å²) < 4.78 is 4.92. The molecule has 0 bridgehead atoms. The molecule has 1 fully saturated rings. The molecule has 5 nitrogen and oxygen atoms in total. The first-order chi connectivity index (χ1) is 6.65. The van der Waals surface area contributed by atoms with Crippen molar-refractivity contribution in [1.82, 2.24) is 4.90 Å². The monoisotopic (exact) mass is 203 g/mol. The van der Waals surface area contributed by atoms with Crippen molar-refractivity contribution in [2.45, 2.75) is 6.04 Å². The standard InChI is InChI=1S/C9H18N2O3/c1-10-3-5-11(6-4-10)8(7-14-2)9(12)13/h8H,3-7H2,1-2H3,(H,12,13)/p+1/t8-/m1/s1. The zero-order chi connectivity index (χ0) is 10.6. The molecule has 5 heteroatoms. The SMILES string of the molecule is COC[C@H](C(=O)O)N1CC[NH+](C)CC1. The molecule has 0 unspecified atom stereocenters. The molecule has 0 radical (unpaired) electrons. The van der Waals surface area contributed by atoms with Gasteiger partial charge in [0.05, 0.1) is 26.7 Å². The van der Waals surface area contributed by atoms with Crippen molar-refractivity contribution in [3.63, 3.8) is 0 Å². The van der Waals surface area contributed by atoms with E-state index in [4.69, 9.17) is 9.84 Å². The lowest BCUT2D eigenvalue weighted by Gasteiger charge is -2.33. The number of piperazine rings is 1. The molecular weight excluding hydrogens is 184 g/mol. The van der Waals surface area contributed by atoms with Gasteiger partial charge in [-0.15, -0.1) is 0 Å². The van der Waals surface area contributed by atoms with Gasteiger partial charge in [0.1, 0.15) is 6.04 Å². The maximum Gasteiger partial charge on any atom is 0.323 e. The van der Waals surface area contributed by atoms with E-state index < -0.39 is 12.0 Å². The summed E-state index contributed by atoms with van der Waals surface area (Å²) in [5.74, 6) is -0.786. The van der Waals surface area contributed by atoms with Crippen molar-refractivity contribution in [2.75, 3.05) is 46.9 Å². The third-order valence-corrected chi connectivity index (χ3v) is 2.70. The Morgan fingerprint density at radius 2 is 2.14 bits per heavy atom. The second-order valence-electron chi connectivity index (χ2n) is 3.80. The Hall–Kier alpha value is -0.650. The van der Waals surface area contributed by atoms with Gasteiger partial charge in [-0.05, 0) is 0 Å². The Morgan fingerprint density at radius 3 is 2.57 bits per heavy atom. The van der Waals surface area contributed by atoms with Crippen LogP contribution in [-0.2, 0) is 9.53 Å². The number of hydrogen-bond donors (Lipinski definition) is 2. The van der Waals surface area contributed by atoms with Crippen LogP contribution in [0.1, 0.15) is 0 Å². The predicted octanol–water partition coefficient (Wildman–Crippen LogP) is -2.08. The van der Waals surface area contributed by atoms with Crippen LogP contribution in [-0.4, -0.2) is 69.0 Å². The van der Waals surface area contributed by atoms with Gasteiger partial charge in [0.15, 0.2) is 0 Å². The Balaban J connectivity index is 2.47. The molecule has 1 aliphatic heterocycles. The summed E-state index contributed by atoms with van der Waals surface area (Å²) in [5.41, 5.74) is 0. The Morgan fingerprint density at radius 1 is 1.57 bits per heavy atom. The minimum atomic E-state index is -0.786. The highest BCUT2D eigenvalue weighted by Gasteiger charge is 2.29. The minimum absolute atomic E-state index is 0.272. The van der Waals surface area contributed by atoms with Crippen molar-refractivity contribution in [1.29, 1.82) is 0 Å². The molecule has 1 saturated heterocycles. The number of carboxylic acid groups (broad SMARTS) is 1. The summed E-state index contributed by atoms with van der Waals surface area (Å²) in [7, 11) is 3.67. The van der Waals surface area contributed by atoms with Crippen molar-refractivity contribution in [3.05, 3.63) is 0 Å². The maximum absolute atomic E-state index is 10.9. The van der Waals surface area contributed by atoms with Crippen LogP contribution < -0.4 is 4.90 Å². The number of nitrogens with one attached hydrogen (secondary N) is 1. The molecule has 0 spiro atoms.